The van der Waals surface area contributed by atoms with Crippen molar-refractivity contribution in [2.75, 3.05) is 7.05 Å². The van der Waals surface area contributed by atoms with Crippen molar-refractivity contribution in [2.45, 2.75) is 69.7 Å². The molecule has 4 bridgehead atoms. The maximum atomic E-state index is 12.3. The van der Waals surface area contributed by atoms with Crippen LogP contribution in [0.15, 0.2) is 0 Å². The zero-order valence-electron chi connectivity index (χ0n) is 12.2. The summed E-state index contributed by atoms with van der Waals surface area (Å²) in [6.07, 6.45) is 14.7. The number of fused-ring (bicyclic) bond motifs is 4. The van der Waals surface area contributed by atoms with Gasteiger partial charge in [-0.05, 0) is 93.9 Å². The molecule has 4 saturated carbocycles. The Hall–Kier alpha value is -0.370. The van der Waals surface area contributed by atoms with Gasteiger partial charge >= 0.3 is 0 Å². The van der Waals surface area contributed by atoms with Gasteiger partial charge in [0.05, 0.1) is 5.54 Å². The lowest BCUT2D eigenvalue weighted by Gasteiger charge is -2.54. The summed E-state index contributed by atoms with van der Waals surface area (Å²) >= 11 is 0. The summed E-state index contributed by atoms with van der Waals surface area (Å²) in [6, 6.07) is 0. The molecule has 19 heavy (non-hydrogen) atoms. The van der Waals surface area contributed by atoms with Crippen molar-refractivity contribution in [3.05, 3.63) is 0 Å². The largest absolute Gasteiger partial charge is 0.307 e. The Morgan fingerprint density at radius 1 is 0.947 bits per heavy atom. The highest BCUT2D eigenvalue weighted by atomic mass is 16.1. The van der Waals surface area contributed by atoms with Crippen LogP contribution in [0.4, 0.5) is 0 Å². The second kappa shape index (κ2) is 3.84. The molecule has 0 saturated heterocycles. The summed E-state index contributed by atoms with van der Waals surface area (Å²) in [5.74, 6) is 1.84. The third-order valence-corrected chi connectivity index (χ3v) is 7.73. The van der Waals surface area contributed by atoms with Crippen LogP contribution in [0.25, 0.3) is 0 Å². The predicted octanol–water partition coefficient (Wildman–Crippen LogP) is 3.30. The molecule has 4 aliphatic rings. The Bertz CT molecular complexity index is 356. The molecule has 0 aromatic carbocycles. The Kier molecular flexibility index (Phi) is 2.50. The first kappa shape index (κ1) is 12.4. The van der Waals surface area contributed by atoms with Gasteiger partial charge < -0.3 is 10.1 Å². The summed E-state index contributed by atoms with van der Waals surface area (Å²) in [5, 5.41) is 3.62. The van der Waals surface area contributed by atoms with E-state index in [1.54, 1.807) is 0 Å². The van der Waals surface area contributed by atoms with Gasteiger partial charge in [0.25, 0.3) is 0 Å². The predicted molar refractivity (Wildman–Crippen MR) is 75.9 cm³/mol. The average Bonchev–Trinajstić information content (AvgIpc) is 3.21. The van der Waals surface area contributed by atoms with Gasteiger partial charge in [0, 0.05) is 0 Å². The third-order valence-electron chi connectivity index (χ3n) is 7.73. The molecule has 0 radical (unpaired) electrons. The fourth-order valence-electron chi connectivity index (χ4n) is 6.89. The van der Waals surface area contributed by atoms with E-state index in [1.165, 1.54) is 70.5 Å². The van der Waals surface area contributed by atoms with Gasteiger partial charge in [-0.25, -0.2) is 0 Å². The fraction of sp³-hybridized carbons (Fsp3) is 0.941. The van der Waals surface area contributed by atoms with Crippen LogP contribution in [0.3, 0.4) is 0 Å². The fourth-order valence-corrected chi connectivity index (χ4v) is 6.89. The van der Waals surface area contributed by atoms with Crippen molar-refractivity contribution < 1.29 is 4.79 Å². The quantitative estimate of drug-likeness (QED) is 0.787. The first-order valence-corrected chi connectivity index (χ1v) is 8.35. The second-order valence-corrected chi connectivity index (χ2v) is 8.03. The highest BCUT2D eigenvalue weighted by Crippen LogP contribution is 2.69. The Morgan fingerprint density at radius 2 is 1.37 bits per heavy atom. The highest BCUT2D eigenvalue weighted by molar-refractivity contribution is 5.69. The normalized spacial score (nSPS) is 50.6. The molecule has 4 fully saturated rings. The van der Waals surface area contributed by atoms with Crippen molar-refractivity contribution in [1.82, 2.24) is 5.32 Å². The van der Waals surface area contributed by atoms with Crippen LogP contribution in [-0.2, 0) is 4.79 Å². The first-order chi connectivity index (χ1) is 9.19. The van der Waals surface area contributed by atoms with Crippen molar-refractivity contribution in [2.24, 2.45) is 22.7 Å². The highest BCUT2D eigenvalue weighted by Gasteiger charge is 2.68. The van der Waals surface area contributed by atoms with Gasteiger partial charge in [-0.1, -0.05) is 0 Å². The van der Waals surface area contributed by atoms with Crippen molar-refractivity contribution in [1.29, 1.82) is 0 Å². The monoisotopic (exact) mass is 261 g/mol. The van der Waals surface area contributed by atoms with Crippen molar-refractivity contribution >= 4 is 6.29 Å². The van der Waals surface area contributed by atoms with Crippen LogP contribution < -0.4 is 5.32 Å². The third kappa shape index (κ3) is 1.30. The lowest BCUT2D eigenvalue weighted by atomic mass is 9.54. The number of carbonyl (C=O) groups excluding carboxylic acids is 1. The van der Waals surface area contributed by atoms with E-state index in [0.29, 0.717) is 10.8 Å². The molecule has 0 atom stereocenters. The SMILES string of the molecule is CNC(C=O)(C12CCC(CC1)C2)C12CCC(CC1)C2. The number of rotatable bonds is 4. The number of hydrogen-bond acceptors (Lipinski definition) is 2. The van der Waals surface area contributed by atoms with E-state index < -0.39 is 0 Å². The Balaban J connectivity index is 1.80. The molecule has 0 spiro atoms. The molecule has 0 aliphatic heterocycles. The second-order valence-electron chi connectivity index (χ2n) is 8.03. The molecule has 0 unspecified atom stereocenters. The summed E-state index contributed by atoms with van der Waals surface area (Å²) < 4.78 is 0. The van der Waals surface area contributed by atoms with E-state index in [9.17, 15) is 4.79 Å². The zero-order chi connectivity index (χ0) is 13.1. The molecule has 2 nitrogen and oxygen atoms in total. The Morgan fingerprint density at radius 3 is 1.58 bits per heavy atom. The van der Waals surface area contributed by atoms with Crippen LogP contribution in [0.1, 0.15) is 64.2 Å². The number of carbonyl (C=O) groups is 1. The minimum absolute atomic E-state index is 0.212. The van der Waals surface area contributed by atoms with E-state index in [-0.39, 0.29) is 5.54 Å². The van der Waals surface area contributed by atoms with Crippen LogP contribution in [0.5, 0.6) is 0 Å². The molecule has 0 amide bonds. The summed E-state index contributed by atoms with van der Waals surface area (Å²) in [7, 11) is 2.06. The first-order valence-electron chi connectivity index (χ1n) is 8.35. The van der Waals surface area contributed by atoms with Gasteiger partial charge in [0.15, 0.2) is 0 Å². The summed E-state index contributed by atoms with van der Waals surface area (Å²) in [4.78, 5) is 12.3. The van der Waals surface area contributed by atoms with E-state index in [0.717, 1.165) is 11.8 Å². The molecular formula is C17H27NO. The lowest BCUT2D eigenvalue weighted by Crippen LogP contribution is -2.66. The molecule has 1 N–H and O–H groups in total. The molecule has 106 valence electrons. The van der Waals surface area contributed by atoms with Crippen molar-refractivity contribution in [3.8, 4) is 0 Å². The number of hydrogen-bond donors (Lipinski definition) is 1. The minimum atomic E-state index is -0.212. The topological polar surface area (TPSA) is 29.1 Å². The molecule has 0 aromatic heterocycles. The smallest absolute Gasteiger partial charge is 0.141 e. The lowest BCUT2D eigenvalue weighted by molar-refractivity contribution is -0.128. The molecule has 2 heteroatoms. The number of aldehydes is 1. The van der Waals surface area contributed by atoms with Crippen LogP contribution in [0.2, 0.25) is 0 Å². The van der Waals surface area contributed by atoms with Crippen LogP contribution in [-0.4, -0.2) is 18.9 Å². The van der Waals surface area contributed by atoms with Gasteiger partial charge in [0.1, 0.15) is 6.29 Å². The number of likely N-dealkylation sites (N-methyl/N-ethyl adjacent to an activating group) is 1. The average molecular weight is 261 g/mol. The molecule has 0 aromatic rings. The minimum Gasteiger partial charge on any atom is -0.307 e. The van der Waals surface area contributed by atoms with Gasteiger partial charge in [-0.15, -0.1) is 0 Å². The van der Waals surface area contributed by atoms with Crippen LogP contribution >= 0.6 is 0 Å². The summed E-state index contributed by atoms with van der Waals surface area (Å²) in [6.45, 7) is 0. The van der Waals surface area contributed by atoms with Crippen molar-refractivity contribution in [3.63, 3.8) is 0 Å². The molecule has 4 aliphatic carbocycles. The van der Waals surface area contributed by atoms with Crippen LogP contribution in [0, 0.1) is 22.7 Å². The van der Waals surface area contributed by atoms with Gasteiger partial charge in [-0.2, -0.15) is 0 Å². The standard InChI is InChI=1S/C17H27NO/c1-18-17(12-19,15-6-2-13(10-15)3-7-15)16-8-4-14(11-16)5-9-16/h12-14,18H,2-11H2,1H3. The van der Waals surface area contributed by atoms with Gasteiger partial charge in [-0.3, -0.25) is 0 Å². The zero-order valence-corrected chi connectivity index (χ0v) is 12.2. The molecule has 0 heterocycles. The van der Waals surface area contributed by atoms with E-state index in [4.69, 9.17) is 0 Å². The maximum Gasteiger partial charge on any atom is 0.141 e. The maximum absolute atomic E-state index is 12.3. The molecular weight excluding hydrogens is 234 g/mol. The van der Waals surface area contributed by atoms with E-state index in [2.05, 4.69) is 12.4 Å². The number of nitrogens with one attached hydrogen (secondary N) is 1. The van der Waals surface area contributed by atoms with E-state index >= 15 is 0 Å². The van der Waals surface area contributed by atoms with Gasteiger partial charge in [0.2, 0.25) is 0 Å². The Labute approximate surface area is 116 Å². The molecule has 4 rings (SSSR count). The van der Waals surface area contributed by atoms with E-state index in [1.807, 2.05) is 0 Å². The summed E-state index contributed by atoms with van der Waals surface area (Å²) in [5.41, 5.74) is 0.386.